The smallest absolute Gasteiger partial charge is 0.258 e. The summed E-state index contributed by atoms with van der Waals surface area (Å²) in [5.41, 5.74) is 0.736. The minimum atomic E-state index is 0.132. The number of aromatic nitrogens is 2. The minimum absolute atomic E-state index is 0.132. The zero-order valence-corrected chi connectivity index (χ0v) is 10.9. The van der Waals surface area contributed by atoms with E-state index < -0.39 is 0 Å². The molecule has 0 aliphatic carbocycles. The van der Waals surface area contributed by atoms with Crippen molar-refractivity contribution in [2.24, 2.45) is 7.05 Å². The lowest BCUT2D eigenvalue weighted by molar-refractivity contribution is 0.0723. The van der Waals surface area contributed by atoms with Crippen molar-refractivity contribution in [3.63, 3.8) is 0 Å². The average molecular weight is 319 g/mol. The Labute approximate surface area is 103 Å². The van der Waals surface area contributed by atoms with Gasteiger partial charge in [-0.05, 0) is 41.9 Å². The molecule has 0 spiro atoms. The fourth-order valence-corrected chi connectivity index (χ4v) is 2.33. The molecule has 15 heavy (non-hydrogen) atoms. The van der Waals surface area contributed by atoms with Gasteiger partial charge in [0.15, 0.2) is 0 Å². The Hall–Kier alpha value is -0.590. The predicted octanol–water partition coefficient (Wildman–Crippen LogP) is 1.65. The summed E-state index contributed by atoms with van der Waals surface area (Å²) in [6.45, 7) is 1.79. The Morgan fingerprint density at radius 2 is 2.07 bits per heavy atom. The molecule has 0 aromatic carbocycles. The maximum absolute atomic E-state index is 12.1. The van der Waals surface area contributed by atoms with Gasteiger partial charge < -0.3 is 4.90 Å². The number of carbonyl (C=O) groups excluding carboxylic acids is 1. The molecule has 0 bridgehead atoms. The quantitative estimate of drug-likeness (QED) is 0.738. The van der Waals surface area contributed by atoms with Gasteiger partial charge in [0.25, 0.3) is 5.91 Å². The van der Waals surface area contributed by atoms with Crippen molar-refractivity contribution >= 4 is 28.5 Å². The predicted molar refractivity (Wildman–Crippen MR) is 65.7 cm³/mol. The number of halogens is 1. The maximum atomic E-state index is 12.1. The molecule has 1 saturated heterocycles. The van der Waals surface area contributed by atoms with Crippen LogP contribution in [0.3, 0.4) is 0 Å². The molecule has 1 aromatic heterocycles. The zero-order valence-electron chi connectivity index (χ0n) is 8.74. The first-order valence-corrected chi connectivity index (χ1v) is 6.25. The summed E-state index contributed by atoms with van der Waals surface area (Å²) in [4.78, 5) is 14.0. The number of nitrogens with zero attached hydrogens (tertiary/aromatic N) is 3. The molecular weight excluding hydrogens is 305 g/mol. The second-order valence-corrected chi connectivity index (χ2v) is 4.85. The van der Waals surface area contributed by atoms with Gasteiger partial charge in [-0.15, -0.1) is 0 Å². The van der Waals surface area contributed by atoms with Crippen molar-refractivity contribution in [3.8, 4) is 0 Å². The number of amides is 1. The van der Waals surface area contributed by atoms with E-state index in [9.17, 15) is 4.79 Å². The lowest BCUT2D eigenvalue weighted by Gasteiger charge is -2.26. The number of hydrogen-bond donors (Lipinski definition) is 0. The Balaban J connectivity index is 2.16. The van der Waals surface area contributed by atoms with E-state index >= 15 is 0 Å². The van der Waals surface area contributed by atoms with Gasteiger partial charge in [-0.25, -0.2) is 0 Å². The van der Waals surface area contributed by atoms with E-state index in [1.54, 1.807) is 10.9 Å². The normalized spacial score (nSPS) is 16.8. The molecule has 0 atom stereocenters. The summed E-state index contributed by atoms with van der Waals surface area (Å²) in [5.74, 6) is 0.132. The van der Waals surface area contributed by atoms with Crippen LogP contribution >= 0.6 is 22.6 Å². The first-order valence-electron chi connectivity index (χ1n) is 5.17. The molecule has 4 nitrogen and oxygen atoms in total. The monoisotopic (exact) mass is 319 g/mol. The topological polar surface area (TPSA) is 38.1 Å². The van der Waals surface area contributed by atoms with Gasteiger partial charge >= 0.3 is 0 Å². The fourth-order valence-electron chi connectivity index (χ4n) is 1.83. The third-order valence-electron chi connectivity index (χ3n) is 2.74. The lowest BCUT2D eigenvalue weighted by Crippen LogP contribution is -2.35. The molecule has 0 N–H and O–H groups in total. The van der Waals surface area contributed by atoms with Gasteiger partial charge in [-0.1, -0.05) is 0 Å². The van der Waals surface area contributed by atoms with Crippen LogP contribution in [-0.4, -0.2) is 33.7 Å². The van der Waals surface area contributed by atoms with E-state index in [4.69, 9.17) is 0 Å². The van der Waals surface area contributed by atoms with Crippen molar-refractivity contribution in [3.05, 3.63) is 15.5 Å². The van der Waals surface area contributed by atoms with Crippen LogP contribution in [0.4, 0.5) is 0 Å². The number of rotatable bonds is 1. The molecule has 0 unspecified atom stereocenters. The molecule has 1 amide bonds. The Morgan fingerprint density at radius 3 is 2.60 bits per heavy atom. The van der Waals surface area contributed by atoms with E-state index in [2.05, 4.69) is 27.7 Å². The number of piperidine rings is 1. The van der Waals surface area contributed by atoms with Crippen LogP contribution in [-0.2, 0) is 7.05 Å². The van der Waals surface area contributed by atoms with Gasteiger partial charge in [-0.3, -0.25) is 9.48 Å². The highest BCUT2D eigenvalue weighted by molar-refractivity contribution is 14.1. The average Bonchev–Trinajstić information content (AvgIpc) is 2.60. The number of hydrogen-bond acceptors (Lipinski definition) is 2. The van der Waals surface area contributed by atoms with Crippen LogP contribution < -0.4 is 0 Å². The van der Waals surface area contributed by atoms with Crippen LogP contribution in [0, 0.1) is 3.70 Å². The summed E-state index contributed by atoms with van der Waals surface area (Å²) < 4.78 is 2.65. The molecule has 5 heteroatoms. The second kappa shape index (κ2) is 4.51. The van der Waals surface area contributed by atoms with E-state index in [1.165, 1.54) is 6.42 Å². The third kappa shape index (κ3) is 2.16. The molecule has 0 saturated carbocycles. The standard InChI is InChI=1S/C10H14IN3O/c1-13-9(11)8(7-12-13)10(15)14-5-3-2-4-6-14/h7H,2-6H2,1H3. The highest BCUT2D eigenvalue weighted by Crippen LogP contribution is 2.16. The van der Waals surface area contributed by atoms with Crippen LogP contribution in [0.1, 0.15) is 29.6 Å². The summed E-state index contributed by atoms with van der Waals surface area (Å²) in [6, 6.07) is 0. The minimum Gasteiger partial charge on any atom is -0.339 e. The van der Waals surface area contributed by atoms with Crippen molar-refractivity contribution in [1.29, 1.82) is 0 Å². The van der Waals surface area contributed by atoms with E-state index in [-0.39, 0.29) is 5.91 Å². The second-order valence-electron chi connectivity index (χ2n) is 3.83. The first-order chi connectivity index (χ1) is 7.20. The van der Waals surface area contributed by atoms with E-state index in [1.807, 2.05) is 11.9 Å². The molecule has 1 fully saturated rings. The van der Waals surface area contributed by atoms with Crippen LogP contribution in [0.15, 0.2) is 6.20 Å². The molecule has 0 radical (unpaired) electrons. The van der Waals surface area contributed by atoms with Crippen molar-refractivity contribution in [1.82, 2.24) is 14.7 Å². The van der Waals surface area contributed by atoms with Crippen LogP contribution in [0.5, 0.6) is 0 Å². The Bertz CT molecular complexity index is 369. The van der Waals surface area contributed by atoms with Crippen LogP contribution in [0.25, 0.3) is 0 Å². The largest absolute Gasteiger partial charge is 0.339 e. The molecule has 2 heterocycles. The maximum Gasteiger partial charge on any atom is 0.258 e. The van der Waals surface area contributed by atoms with Crippen molar-refractivity contribution < 1.29 is 4.79 Å². The van der Waals surface area contributed by atoms with Gasteiger partial charge in [0.1, 0.15) is 3.70 Å². The molecule has 1 aromatic rings. The summed E-state index contributed by atoms with van der Waals surface area (Å²) in [7, 11) is 1.86. The molecule has 82 valence electrons. The van der Waals surface area contributed by atoms with Gasteiger partial charge in [0.05, 0.1) is 11.8 Å². The zero-order chi connectivity index (χ0) is 10.8. The molecule has 1 aliphatic rings. The summed E-state index contributed by atoms with van der Waals surface area (Å²) in [5, 5.41) is 4.09. The van der Waals surface area contributed by atoms with Crippen molar-refractivity contribution in [2.45, 2.75) is 19.3 Å². The number of likely N-dealkylation sites (tertiary alicyclic amines) is 1. The SMILES string of the molecule is Cn1ncc(C(=O)N2CCCCC2)c1I. The van der Waals surface area contributed by atoms with Gasteiger partial charge in [0, 0.05) is 20.1 Å². The highest BCUT2D eigenvalue weighted by Gasteiger charge is 2.21. The summed E-state index contributed by atoms with van der Waals surface area (Å²) >= 11 is 2.16. The van der Waals surface area contributed by atoms with Crippen LogP contribution in [0.2, 0.25) is 0 Å². The molecule has 1 aliphatic heterocycles. The Kier molecular flexibility index (Phi) is 3.28. The van der Waals surface area contributed by atoms with E-state index in [0.717, 1.165) is 35.2 Å². The number of carbonyl (C=O) groups is 1. The van der Waals surface area contributed by atoms with E-state index in [0.29, 0.717) is 0 Å². The first kappa shape index (κ1) is 10.9. The highest BCUT2D eigenvalue weighted by atomic mass is 127. The fraction of sp³-hybridized carbons (Fsp3) is 0.600. The van der Waals surface area contributed by atoms with Gasteiger partial charge in [-0.2, -0.15) is 5.10 Å². The number of aryl methyl sites for hydroxylation is 1. The molecular formula is C10H14IN3O. The summed E-state index contributed by atoms with van der Waals surface area (Å²) in [6.07, 6.45) is 5.16. The molecule has 2 rings (SSSR count). The third-order valence-corrected chi connectivity index (χ3v) is 4.02. The lowest BCUT2D eigenvalue weighted by atomic mass is 10.1. The van der Waals surface area contributed by atoms with Gasteiger partial charge in [0.2, 0.25) is 0 Å². The van der Waals surface area contributed by atoms with Crippen molar-refractivity contribution in [2.75, 3.05) is 13.1 Å². The Morgan fingerprint density at radius 1 is 1.40 bits per heavy atom.